The molecule has 0 saturated carbocycles. The molecule has 0 aromatic carbocycles. The fourth-order valence-corrected chi connectivity index (χ4v) is 1.28. The number of aromatic nitrogens is 5. The van der Waals surface area contributed by atoms with E-state index >= 15 is 0 Å². The van der Waals surface area contributed by atoms with Crippen LogP contribution in [0.1, 0.15) is 31.5 Å². The first kappa shape index (κ1) is 23.0. The second kappa shape index (κ2) is 16.1. The first-order valence-corrected chi connectivity index (χ1v) is 7.58. The molecule has 0 aliphatic carbocycles. The Morgan fingerprint density at radius 2 is 2.04 bits per heavy atom. The van der Waals surface area contributed by atoms with E-state index in [4.69, 9.17) is 4.42 Å². The number of rotatable bonds is 1. The van der Waals surface area contributed by atoms with Crippen LogP contribution in [-0.2, 0) is 7.05 Å². The van der Waals surface area contributed by atoms with E-state index in [0.29, 0.717) is 0 Å². The lowest BCUT2D eigenvalue weighted by Crippen LogP contribution is -1.83. The minimum atomic E-state index is 0. The largest absolute Gasteiger partial charge is 0.449 e. The van der Waals surface area contributed by atoms with Gasteiger partial charge in [-0.05, 0) is 20.3 Å². The molecule has 23 heavy (non-hydrogen) atoms. The molecule has 0 N–H and O–H groups in total. The summed E-state index contributed by atoms with van der Waals surface area (Å²) in [5, 5.41) is 6.82. The lowest BCUT2D eigenvalue weighted by Gasteiger charge is -1.74. The van der Waals surface area contributed by atoms with Gasteiger partial charge in [0.2, 0.25) is 0 Å². The molecule has 3 rings (SSSR count). The average molecular weight is 337 g/mol. The molecular weight excluding hydrogens is 310 g/mol. The van der Waals surface area contributed by atoms with E-state index in [-0.39, 0.29) is 7.43 Å². The summed E-state index contributed by atoms with van der Waals surface area (Å²) in [4.78, 5) is 11.3. The number of hydrogen-bond donors (Lipinski definition) is 0. The highest BCUT2D eigenvalue weighted by Gasteiger charge is 1.77. The van der Waals surface area contributed by atoms with Crippen molar-refractivity contribution in [3.63, 3.8) is 0 Å². The molecule has 3 aromatic heterocycles. The second-order valence-corrected chi connectivity index (χ2v) is 5.03. The van der Waals surface area contributed by atoms with Crippen molar-refractivity contribution < 1.29 is 4.42 Å². The molecule has 0 unspecified atom stereocenters. The van der Waals surface area contributed by atoms with Crippen LogP contribution in [0, 0.1) is 13.8 Å². The van der Waals surface area contributed by atoms with Gasteiger partial charge in [-0.25, -0.2) is 9.97 Å². The smallest absolute Gasteiger partial charge is 0.180 e. The molecule has 0 atom stereocenters. The molecule has 128 valence electrons. The Morgan fingerprint density at radius 1 is 1.35 bits per heavy atom. The van der Waals surface area contributed by atoms with E-state index in [1.54, 1.807) is 34.7 Å². The number of nitrogens with zero attached hydrogens (tertiary/aromatic N) is 5. The van der Waals surface area contributed by atoms with Gasteiger partial charge in [0, 0.05) is 18.6 Å². The fourth-order valence-electron chi connectivity index (χ4n) is 0.841. The van der Waals surface area contributed by atoms with Crippen molar-refractivity contribution in [3.8, 4) is 0 Å². The van der Waals surface area contributed by atoms with Gasteiger partial charge in [-0.1, -0.05) is 20.4 Å². The van der Waals surface area contributed by atoms with Crippen LogP contribution in [0.15, 0.2) is 53.9 Å². The number of allylic oxidation sites excluding steroid dienone is 1. The summed E-state index contributed by atoms with van der Waals surface area (Å²) >= 11 is 1.67. The number of oxazole rings is 1. The summed E-state index contributed by atoms with van der Waals surface area (Å²) in [6.07, 6.45) is 11.0. The van der Waals surface area contributed by atoms with E-state index in [1.807, 2.05) is 32.4 Å². The Morgan fingerprint density at radius 3 is 2.17 bits per heavy atom. The fraction of sp³-hybridized carbons (Fsp3) is 0.375. The first-order chi connectivity index (χ1) is 10.6. The maximum absolute atomic E-state index is 4.72. The molecule has 0 bridgehead atoms. The van der Waals surface area contributed by atoms with Crippen molar-refractivity contribution in [2.24, 2.45) is 7.05 Å². The first-order valence-electron chi connectivity index (χ1n) is 6.70. The van der Waals surface area contributed by atoms with Crippen LogP contribution in [-0.4, -0.2) is 24.7 Å². The van der Waals surface area contributed by atoms with E-state index in [2.05, 4.69) is 33.6 Å². The molecule has 0 aliphatic rings. The molecule has 7 heteroatoms. The number of hydrogen-bond acceptors (Lipinski definition) is 6. The van der Waals surface area contributed by atoms with Crippen LogP contribution >= 0.6 is 11.3 Å². The predicted molar refractivity (Wildman–Crippen MR) is 96.3 cm³/mol. The van der Waals surface area contributed by atoms with Crippen LogP contribution in [0.5, 0.6) is 0 Å². The SMILES string of the molecule is C.C=CCC.Cc1cnco1.Cc1nccs1.Cn1cncn1. The second-order valence-electron chi connectivity index (χ2n) is 3.93. The van der Waals surface area contributed by atoms with Crippen LogP contribution in [0.3, 0.4) is 0 Å². The highest BCUT2D eigenvalue weighted by molar-refractivity contribution is 7.09. The zero-order chi connectivity index (χ0) is 16.6. The molecule has 0 amide bonds. The zero-order valence-electron chi connectivity index (χ0n) is 13.5. The highest BCUT2D eigenvalue weighted by Crippen LogP contribution is 1.98. The summed E-state index contributed by atoms with van der Waals surface area (Å²) in [5.74, 6) is 0.856. The van der Waals surface area contributed by atoms with Gasteiger partial charge < -0.3 is 4.42 Å². The Balaban J connectivity index is 0. The summed E-state index contributed by atoms with van der Waals surface area (Å²) in [7, 11) is 1.83. The monoisotopic (exact) mass is 337 g/mol. The molecule has 0 radical (unpaired) electrons. The van der Waals surface area contributed by atoms with Gasteiger partial charge in [-0.3, -0.25) is 9.67 Å². The maximum atomic E-state index is 4.72. The third-order valence-corrected chi connectivity index (χ3v) is 2.64. The van der Waals surface area contributed by atoms with E-state index in [0.717, 1.165) is 17.2 Å². The van der Waals surface area contributed by atoms with Crippen LogP contribution in [0.4, 0.5) is 0 Å². The summed E-state index contributed by atoms with van der Waals surface area (Å²) in [5.41, 5.74) is 0. The van der Waals surface area contributed by atoms with Crippen molar-refractivity contribution in [1.82, 2.24) is 24.7 Å². The minimum absolute atomic E-state index is 0. The molecule has 0 fully saturated rings. The molecule has 0 aliphatic heterocycles. The highest BCUT2D eigenvalue weighted by atomic mass is 32.1. The predicted octanol–water partition coefficient (Wildman–Crippen LogP) is 4.47. The lowest BCUT2D eigenvalue weighted by atomic mass is 10.5. The average Bonchev–Trinajstić information content (AvgIpc) is 3.26. The Hall–Kier alpha value is -2.28. The van der Waals surface area contributed by atoms with Gasteiger partial charge in [-0.15, -0.1) is 17.9 Å². The van der Waals surface area contributed by atoms with Gasteiger partial charge in [0.25, 0.3) is 0 Å². The van der Waals surface area contributed by atoms with Crippen molar-refractivity contribution >= 4 is 11.3 Å². The normalized spacial score (nSPS) is 8.00. The van der Waals surface area contributed by atoms with E-state index < -0.39 is 0 Å². The van der Waals surface area contributed by atoms with Crippen molar-refractivity contribution in [3.05, 3.63) is 60.2 Å². The van der Waals surface area contributed by atoms with Gasteiger partial charge >= 0.3 is 0 Å². The minimum Gasteiger partial charge on any atom is -0.449 e. The van der Waals surface area contributed by atoms with Crippen molar-refractivity contribution in [2.45, 2.75) is 34.6 Å². The van der Waals surface area contributed by atoms with Crippen LogP contribution in [0.2, 0.25) is 0 Å². The standard InChI is InChI=1S/C4H5NO.C4H5NS.C4H8.C3H5N3.CH4/c1-4-2-5-3-6-4;1-4-5-2-3-6-4;1-3-4-2;1-6-3-4-2-5-6;/h2*2-3H,1H3;3H,1,4H2,2H3;2-3H,1H3;1H4. The molecular formula is C16H27N5OS. The zero-order valence-corrected chi connectivity index (χ0v) is 14.3. The Labute approximate surface area is 142 Å². The van der Waals surface area contributed by atoms with Gasteiger partial charge in [0.15, 0.2) is 6.39 Å². The third kappa shape index (κ3) is 15.9. The van der Waals surface area contributed by atoms with Gasteiger partial charge in [0.1, 0.15) is 18.4 Å². The van der Waals surface area contributed by atoms with Gasteiger partial charge in [-0.2, -0.15) is 5.10 Å². The summed E-state index contributed by atoms with van der Waals surface area (Å²) in [6, 6.07) is 0. The van der Waals surface area contributed by atoms with Crippen LogP contribution in [0.25, 0.3) is 0 Å². The summed E-state index contributed by atoms with van der Waals surface area (Å²) < 4.78 is 6.36. The molecule has 0 saturated heterocycles. The summed E-state index contributed by atoms with van der Waals surface area (Å²) in [6.45, 7) is 9.39. The molecule has 3 aromatic rings. The molecule has 6 nitrogen and oxygen atoms in total. The van der Waals surface area contributed by atoms with Gasteiger partial charge in [0.05, 0.1) is 11.2 Å². The number of aryl methyl sites for hydroxylation is 3. The maximum Gasteiger partial charge on any atom is 0.180 e. The van der Waals surface area contributed by atoms with Crippen molar-refractivity contribution in [2.75, 3.05) is 0 Å². The Bertz CT molecular complexity index is 471. The van der Waals surface area contributed by atoms with E-state index in [1.165, 1.54) is 12.7 Å². The van der Waals surface area contributed by atoms with E-state index in [9.17, 15) is 0 Å². The molecule has 0 spiro atoms. The number of thiazole rings is 1. The third-order valence-electron chi connectivity index (χ3n) is 1.93. The topological polar surface area (TPSA) is 69.6 Å². The quantitative estimate of drug-likeness (QED) is 0.613. The lowest BCUT2D eigenvalue weighted by molar-refractivity contribution is 0.527. The molecule has 3 heterocycles. The van der Waals surface area contributed by atoms with Crippen molar-refractivity contribution in [1.29, 1.82) is 0 Å². The Kier molecular flexibility index (Phi) is 16.1. The van der Waals surface area contributed by atoms with Crippen LogP contribution < -0.4 is 0 Å².